The van der Waals surface area contributed by atoms with Crippen LogP contribution in [0.15, 0.2) is 64.7 Å². The van der Waals surface area contributed by atoms with Crippen molar-refractivity contribution in [2.75, 3.05) is 0 Å². The van der Waals surface area contributed by atoms with Crippen molar-refractivity contribution in [1.82, 2.24) is 19.8 Å². The maximum atomic E-state index is 14.2. The number of quaternary nitrogens is 1. The lowest BCUT2D eigenvalue weighted by atomic mass is 10.2. The van der Waals surface area contributed by atoms with Gasteiger partial charge in [-0.1, -0.05) is 28.1 Å². The number of aromatic nitrogens is 3. The molecular formula is C16H11F2N6O2+. The molecule has 0 aliphatic carbocycles. The normalized spacial score (nSPS) is 19.1. The van der Waals surface area contributed by atoms with Crippen LogP contribution in [-0.4, -0.2) is 26.2 Å². The van der Waals surface area contributed by atoms with E-state index in [-0.39, 0.29) is 17.8 Å². The van der Waals surface area contributed by atoms with Crippen LogP contribution in [0.25, 0.3) is 11.0 Å². The van der Waals surface area contributed by atoms with Crippen LogP contribution in [-0.2, 0) is 11.3 Å². The van der Waals surface area contributed by atoms with Gasteiger partial charge in [0, 0.05) is 0 Å². The molecule has 0 radical (unpaired) electrons. The molecule has 3 aromatic rings. The number of rotatable bonds is 4. The summed E-state index contributed by atoms with van der Waals surface area (Å²) in [5.74, 6) is -2.87. The number of carbonyl (C=O) groups is 1. The van der Waals surface area contributed by atoms with Gasteiger partial charge in [0.1, 0.15) is 22.7 Å². The first-order valence-electron chi connectivity index (χ1n) is 7.51. The van der Waals surface area contributed by atoms with Crippen LogP contribution in [0.4, 0.5) is 8.78 Å². The molecule has 1 aliphatic heterocycles. The first-order chi connectivity index (χ1) is 12.5. The summed E-state index contributed by atoms with van der Waals surface area (Å²) in [6, 6.07) is 10.4. The number of hydrogen-bond acceptors (Lipinski definition) is 5. The smallest absolute Gasteiger partial charge is 0.362 e. The molecule has 10 heteroatoms. The van der Waals surface area contributed by atoms with Gasteiger partial charge >= 0.3 is 5.97 Å². The molecule has 2 heterocycles. The molecule has 0 fully saturated rings. The first kappa shape index (κ1) is 16.0. The fourth-order valence-corrected chi connectivity index (χ4v) is 2.74. The summed E-state index contributed by atoms with van der Waals surface area (Å²) in [6.07, 6.45) is 1.16. The van der Waals surface area contributed by atoms with Gasteiger partial charge in [0.2, 0.25) is 5.70 Å². The number of fused-ring (bicyclic) bond motifs is 1. The van der Waals surface area contributed by atoms with E-state index in [0.717, 1.165) is 18.3 Å². The second-order valence-electron chi connectivity index (χ2n) is 5.62. The van der Waals surface area contributed by atoms with Crippen molar-refractivity contribution in [3.05, 3.63) is 71.6 Å². The molecule has 0 amide bonds. The van der Waals surface area contributed by atoms with E-state index in [9.17, 15) is 18.7 Å². The maximum absolute atomic E-state index is 14.2. The van der Waals surface area contributed by atoms with Gasteiger partial charge in [-0.05, 0) is 34.2 Å². The van der Waals surface area contributed by atoms with Crippen LogP contribution in [0, 0.1) is 11.6 Å². The molecule has 1 unspecified atom stereocenters. The molecule has 1 aliphatic rings. The van der Waals surface area contributed by atoms with Crippen LogP contribution >= 0.6 is 0 Å². The molecule has 0 bridgehead atoms. The summed E-state index contributed by atoms with van der Waals surface area (Å²) in [5, 5.41) is 24.8. The molecule has 26 heavy (non-hydrogen) atoms. The Labute approximate surface area is 144 Å². The quantitative estimate of drug-likeness (QED) is 0.727. The molecule has 0 saturated carbocycles. The summed E-state index contributed by atoms with van der Waals surface area (Å²) >= 11 is 0. The number of carboxylic acids is 1. The van der Waals surface area contributed by atoms with Crippen molar-refractivity contribution >= 4 is 17.0 Å². The zero-order chi connectivity index (χ0) is 18.3. The molecule has 0 spiro atoms. The SMILES string of the molecule is O=C(O)C1=C[N+](Cc2c(F)cccc2F)(n2nnc3ccccc32)N=N1. The highest BCUT2D eigenvalue weighted by Crippen LogP contribution is 2.28. The number of aliphatic carboxylic acids is 1. The van der Waals surface area contributed by atoms with Crippen LogP contribution in [0.5, 0.6) is 0 Å². The standard InChI is InChI=1S/C16H10F2N6O2/c17-11-4-3-5-12(18)10(11)8-24(9-14(16(25)26)20-22-24)23-15-7-2-1-6-13(15)19-21-23/h1-7,9H,8H2/p+1. The molecule has 1 N–H and O–H groups in total. The van der Waals surface area contributed by atoms with Gasteiger partial charge in [-0.3, -0.25) is 0 Å². The van der Waals surface area contributed by atoms with Crippen molar-refractivity contribution in [1.29, 1.82) is 0 Å². The van der Waals surface area contributed by atoms with Crippen molar-refractivity contribution in [2.45, 2.75) is 6.54 Å². The lowest BCUT2D eigenvalue weighted by Gasteiger charge is -2.22. The Kier molecular flexibility index (Phi) is 3.55. The number of benzene rings is 2. The number of carboxylic acid groups (broad SMARTS) is 1. The predicted molar refractivity (Wildman–Crippen MR) is 85.7 cm³/mol. The van der Waals surface area contributed by atoms with Crippen molar-refractivity contribution in [3.63, 3.8) is 0 Å². The summed E-state index contributed by atoms with van der Waals surface area (Å²) in [5.41, 5.74) is 0.396. The van der Waals surface area contributed by atoms with E-state index in [1.54, 1.807) is 24.3 Å². The van der Waals surface area contributed by atoms with Crippen molar-refractivity contribution in [2.24, 2.45) is 10.3 Å². The highest BCUT2D eigenvalue weighted by molar-refractivity contribution is 5.86. The highest BCUT2D eigenvalue weighted by atomic mass is 19.1. The Hall–Kier alpha value is -3.53. The first-order valence-corrected chi connectivity index (χ1v) is 7.51. The largest absolute Gasteiger partial charge is 0.476 e. The van der Waals surface area contributed by atoms with E-state index < -0.39 is 22.3 Å². The molecule has 8 nitrogen and oxygen atoms in total. The van der Waals surface area contributed by atoms with Crippen LogP contribution in [0.2, 0.25) is 0 Å². The molecule has 2 aromatic carbocycles. The average Bonchev–Trinajstić information content (AvgIpc) is 3.23. The monoisotopic (exact) mass is 357 g/mol. The average molecular weight is 357 g/mol. The summed E-state index contributed by atoms with van der Waals surface area (Å²) in [6.45, 7) is -0.369. The van der Waals surface area contributed by atoms with Crippen molar-refractivity contribution < 1.29 is 18.7 Å². The number of hydrogen-bond donors (Lipinski definition) is 1. The fourth-order valence-electron chi connectivity index (χ4n) is 2.74. The molecule has 130 valence electrons. The zero-order valence-electron chi connectivity index (χ0n) is 13.1. The van der Waals surface area contributed by atoms with Crippen LogP contribution in [0.1, 0.15) is 5.56 Å². The molecule has 1 atom stereocenters. The van der Waals surface area contributed by atoms with Gasteiger partial charge in [-0.2, -0.15) is 0 Å². The Morgan fingerprint density at radius 2 is 1.85 bits per heavy atom. The Morgan fingerprint density at radius 3 is 2.54 bits per heavy atom. The maximum Gasteiger partial charge on any atom is 0.362 e. The summed E-state index contributed by atoms with van der Waals surface area (Å²) in [4.78, 5) is 12.5. The van der Waals surface area contributed by atoms with E-state index in [4.69, 9.17) is 0 Å². The lowest BCUT2D eigenvalue weighted by molar-refractivity contribution is -0.132. The van der Waals surface area contributed by atoms with Gasteiger partial charge in [0.15, 0.2) is 12.7 Å². The van der Waals surface area contributed by atoms with Gasteiger partial charge in [0.25, 0.3) is 0 Å². The van der Waals surface area contributed by atoms with Gasteiger partial charge in [0.05, 0.1) is 10.8 Å². The second kappa shape index (κ2) is 5.77. The molecule has 0 saturated heterocycles. The second-order valence-corrected chi connectivity index (χ2v) is 5.62. The van der Waals surface area contributed by atoms with Crippen LogP contribution in [0.3, 0.4) is 0 Å². The topological polar surface area (TPSA) is 92.7 Å². The highest BCUT2D eigenvalue weighted by Gasteiger charge is 2.41. The molecular weight excluding hydrogens is 346 g/mol. The third-order valence-corrected chi connectivity index (χ3v) is 3.97. The Balaban J connectivity index is 1.92. The summed E-state index contributed by atoms with van der Waals surface area (Å²) in [7, 11) is 0. The van der Waals surface area contributed by atoms with Gasteiger partial charge in [-0.25, -0.2) is 13.6 Å². The minimum Gasteiger partial charge on any atom is -0.476 e. The predicted octanol–water partition coefficient (Wildman–Crippen LogP) is 2.66. The number of halogens is 2. The third kappa shape index (κ3) is 2.43. The van der Waals surface area contributed by atoms with E-state index in [1.165, 1.54) is 10.9 Å². The molecule has 1 aromatic heterocycles. The van der Waals surface area contributed by atoms with Crippen LogP contribution < -0.4 is 4.70 Å². The third-order valence-electron chi connectivity index (χ3n) is 3.97. The van der Waals surface area contributed by atoms with Gasteiger partial charge in [-0.15, -0.1) is 5.10 Å². The number of nitrogens with zero attached hydrogens (tertiary/aromatic N) is 6. The lowest BCUT2D eigenvalue weighted by Crippen LogP contribution is -2.47. The Bertz CT molecular complexity index is 1070. The minimum absolute atomic E-state index is 0.270. The van der Waals surface area contributed by atoms with E-state index in [2.05, 4.69) is 20.6 Å². The minimum atomic E-state index is -1.31. The van der Waals surface area contributed by atoms with E-state index in [0.29, 0.717) is 11.0 Å². The summed E-state index contributed by atoms with van der Waals surface area (Å²) < 4.78 is 27.7. The number of para-hydroxylation sites is 1. The fraction of sp³-hybridized carbons (Fsp3) is 0.0625. The van der Waals surface area contributed by atoms with E-state index >= 15 is 0 Å². The Morgan fingerprint density at radius 1 is 1.12 bits per heavy atom. The zero-order valence-corrected chi connectivity index (χ0v) is 13.1. The molecule has 4 rings (SSSR count). The van der Waals surface area contributed by atoms with Gasteiger partial charge < -0.3 is 5.11 Å². The van der Waals surface area contributed by atoms with E-state index in [1.807, 2.05) is 0 Å². The van der Waals surface area contributed by atoms with Crippen molar-refractivity contribution in [3.8, 4) is 0 Å².